The van der Waals surface area contributed by atoms with Crippen molar-refractivity contribution in [1.29, 1.82) is 0 Å². The number of sulfone groups is 1. The molecule has 2 atom stereocenters. The van der Waals surface area contributed by atoms with E-state index >= 15 is 0 Å². The van der Waals surface area contributed by atoms with Crippen LogP contribution in [0.5, 0.6) is 0 Å². The van der Waals surface area contributed by atoms with Gasteiger partial charge in [-0.3, -0.25) is 4.79 Å². The van der Waals surface area contributed by atoms with Crippen LogP contribution >= 0.6 is 0 Å². The van der Waals surface area contributed by atoms with Crippen LogP contribution < -0.4 is 0 Å². The van der Waals surface area contributed by atoms with Crippen LogP contribution in [-0.2, 0) is 24.8 Å². The van der Waals surface area contributed by atoms with Gasteiger partial charge in [0.15, 0.2) is 15.7 Å². The minimum atomic E-state index is -3.35. The van der Waals surface area contributed by atoms with E-state index in [2.05, 4.69) is 10.1 Å². The molecule has 122 valence electrons. The topological polar surface area (TPSA) is 103 Å². The number of carbonyl (C=O) groups is 1. The molecule has 0 aliphatic carbocycles. The van der Waals surface area contributed by atoms with Crippen LogP contribution in [-0.4, -0.2) is 67.2 Å². The zero-order chi connectivity index (χ0) is 16.0. The number of ether oxygens (including phenoxy) is 1. The number of rotatable bonds is 3. The van der Waals surface area contributed by atoms with Crippen molar-refractivity contribution in [3.8, 4) is 0 Å². The van der Waals surface area contributed by atoms with E-state index in [1.165, 1.54) is 0 Å². The van der Waals surface area contributed by atoms with Crippen LogP contribution in [0.2, 0.25) is 0 Å². The van der Waals surface area contributed by atoms with E-state index in [9.17, 15) is 13.2 Å². The molecule has 9 heteroatoms. The summed E-state index contributed by atoms with van der Waals surface area (Å²) in [5.41, 5.74) is -0.521. The number of aryl methyl sites for hydroxylation is 1. The van der Waals surface area contributed by atoms with Crippen molar-refractivity contribution in [3.05, 3.63) is 11.7 Å². The number of amides is 1. The van der Waals surface area contributed by atoms with E-state index in [0.29, 0.717) is 44.3 Å². The normalized spacial score (nSPS) is 28.6. The standard InChI is InChI=1S/C13H19N3O5S/c1-9-14-12(21-15-9)13-4-6-20-10(13)3-5-16(8-13)11(17)7-22(2,18)19/h10H,3-8H2,1-2H3/t10-,13-/m0/s1. The molecule has 3 heterocycles. The zero-order valence-corrected chi connectivity index (χ0v) is 13.4. The highest BCUT2D eigenvalue weighted by Gasteiger charge is 2.53. The highest BCUT2D eigenvalue weighted by Crippen LogP contribution is 2.42. The molecule has 0 radical (unpaired) electrons. The lowest BCUT2D eigenvalue weighted by Gasteiger charge is -2.41. The van der Waals surface area contributed by atoms with Crippen molar-refractivity contribution < 1.29 is 22.5 Å². The van der Waals surface area contributed by atoms with Gasteiger partial charge in [0.05, 0.1) is 11.5 Å². The molecule has 8 nitrogen and oxygen atoms in total. The molecule has 0 saturated carbocycles. The molecule has 3 rings (SSSR count). The van der Waals surface area contributed by atoms with Crippen molar-refractivity contribution >= 4 is 15.7 Å². The van der Waals surface area contributed by atoms with Gasteiger partial charge < -0.3 is 14.2 Å². The van der Waals surface area contributed by atoms with Crippen LogP contribution in [0, 0.1) is 6.92 Å². The van der Waals surface area contributed by atoms with Gasteiger partial charge in [0.1, 0.15) is 5.75 Å². The predicted molar refractivity (Wildman–Crippen MR) is 76.0 cm³/mol. The third-order valence-electron chi connectivity index (χ3n) is 4.31. The molecule has 1 amide bonds. The fourth-order valence-electron chi connectivity index (χ4n) is 3.28. The molecule has 0 unspecified atom stereocenters. The quantitative estimate of drug-likeness (QED) is 0.749. The molecule has 2 fully saturated rings. The maximum absolute atomic E-state index is 12.2. The van der Waals surface area contributed by atoms with Crippen LogP contribution in [0.1, 0.15) is 24.6 Å². The summed E-state index contributed by atoms with van der Waals surface area (Å²) < 4.78 is 33.8. The molecule has 0 bridgehead atoms. The van der Waals surface area contributed by atoms with Gasteiger partial charge in [0.25, 0.3) is 0 Å². The minimum Gasteiger partial charge on any atom is -0.377 e. The number of aromatic nitrogens is 2. The molecule has 0 aromatic carbocycles. The number of hydrogen-bond donors (Lipinski definition) is 0. The van der Waals surface area contributed by atoms with Gasteiger partial charge in [-0.05, 0) is 19.8 Å². The lowest BCUT2D eigenvalue weighted by atomic mass is 9.76. The van der Waals surface area contributed by atoms with E-state index in [-0.39, 0.29) is 12.0 Å². The largest absolute Gasteiger partial charge is 0.377 e. The van der Waals surface area contributed by atoms with E-state index in [0.717, 1.165) is 6.26 Å². The van der Waals surface area contributed by atoms with Gasteiger partial charge in [-0.1, -0.05) is 5.16 Å². The van der Waals surface area contributed by atoms with Gasteiger partial charge >= 0.3 is 0 Å². The Labute approximate surface area is 128 Å². The maximum Gasteiger partial charge on any atom is 0.237 e. The van der Waals surface area contributed by atoms with Crippen molar-refractivity contribution in [3.63, 3.8) is 0 Å². The molecule has 2 aliphatic heterocycles. The third-order valence-corrected chi connectivity index (χ3v) is 5.08. The monoisotopic (exact) mass is 329 g/mol. The Hall–Kier alpha value is -1.48. The summed E-state index contributed by atoms with van der Waals surface area (Å²) in [4.78, 5) is 18.1. The maximum atomic E-state index is 12.2. The Morgan fingerprint density at radius 1 is 1.50 bits per heavy atom. The van der Waals surface area contributed by atoms with Crippen LogP contribution in [0.25, 0.3) is 0 Å². The number of nitrogens with zero attached hydrogens (tertiary/aromatic N) is 3. The average molecular weight is 329 g/mol. The number of carbonyl (C=O) groups excluding carboxylic acids is 1. The lowest BCUT2D eigenvalue weighted by molar-refractivity contribution is -0.132. The fourth-order valence-corrected chi connectivity index (χ4v) is 3.91. The van der Waals surface area contributed by atoms with E-state index < -0.39 is 21.0 Å². The van der Waals surface area contributed by atoms with Gasteiger partial charge in [0.2, 0.25) is 11.8 Å². The number of piperidine rings is 1. The molecule has 1 aromatic rings. The zero-order valence-electron chi connectivity index (χ0n) is 12.6. The summed E-state index contributed by atoms with van der Waals surface area (Å²) in [6.07, 6.45) is 2.31. The predicted octanol–water partition coefficient (Wildman–Crippen LogP) is -0.318. The van der Waals surface area contributed by atoms with Crippen LogP contribution in [0.15, 0.2) is 4.52 Å². The smallest absolute Gasteiger partial charge is 0.237 e. The molecular weight excluding hydrogens is 310 g/mol. The van der Waals surface area contributed by atoms with Crippen molar-refractivity contribution in [1.82, 2.24) is 15.0 Å². The van der Waals surface area contributed by atoms with Gasteiger partial charge in [-0.2, -0.15) is 4.98 Å². The second-order valence-electron chi connectivity index (χ2n) is 6.09. The molecule has 2 saturated heterocycles. The highest BCUT2D eigenvalue weighted by molar-refractivity contribution is 7.91. The highest BCUT2D eigenvalue weighted by atomic mass is 32.2. The summed E-state index contributed by atoms with van der Waals surface area (Å²) >= 11 is 0. The first kappa shape index (κ1) is 15.4. The molecule has 0 spiro atoms. The fraction of sp³-hybridized carbons (Fsp3) is 0.769. The van der Waals surface area contributed by atoms with Gasteiger partial charge in [0, 0.05) is 26.0 Å². The van der Waals surface area contributed by atoms with Crippen molar-refractivity contribution in [2.45, 2.75) is 31.3 Å². The average Bonchev–Trinajstić information content (AvgIpc) is 3.02. The van der Waals surface area contributed by atoms with E-state index in [1.807, 2.05) is 0 Å². The first-order valence-electron chi connectivity index (χ1n) is 7.18. The van der Waals surface area contributed by atoms with Crippen molar-refractivity contribution in [2.75, 3.05) is 31.7 Å². The van der Waals surface area contributed by atoms with Gasteiger partial charge in [-0.15, -0.1) is 0 Å². The van der Waals surface area contributed by atoms with Gasteiger partial charge in [-0.25, -0.2) is 8.42 Å². The minimum absolute atomic E-state index is 0.0744. The first-order chi connectivity index (χ1) is 10.3. The van der Waals surface area contributed by atoms with Crippen LogP contribution in [0.3, 0.4) is 0 Å². The van der Waals surface area contributed by atoms with Crippen LogP contribution in [0.4, 0.5) is 0 Å². The third kappa shape index (κ3) is 2.74. The summed E-state index contributed by atoms with van der Waals surface area (Å²) in [5.74, 6) is 0.153. The second-order valence-corrected chi connectivity index (χ2v) is 8.23. The number of fused-ring (bicyclic) bond motifs is 1. The molecule has 0 N–H and O–H groups in total. The summed E-state index contributed by atoms with van der Waals surface area (Å²) in [6.45, 7) is 3.14. The number of hydrogen-bond acceptors (Lipinski definition) is 7. The first-order valence-corrected chi connectivity index (χ1v) is 9.24. The SMILES string of the molecule is Cc1noc([C@]23CCO[C@H]2CCN(C(=O)CS(C)(=O)=O)C3)n1. The molecular formula is C13H19N3O5S. The molecule has 2 aliphatic rings. The molecule has 22 heavy (non-hydrogen) atoms. The molecule has 1 aromatic heterocycles. The summed E-state index contributed by atoms with van der Waals surface area (Å²) in [7, 11) is -3.35. The van der Waals surface area contributed by atoms with E-state index in [4.69, 9.17) is 9.26 Å². The Morgan fingerprint density at radius 3 is 2.91 bits per heavy atom. The number of likely N-dealkylation sites (tertiary alicyclic amines) is 1. The Kier molecular flexibility index (Phi) is 3.72. The van der Waals surface area contributed by atoms with E-state index in [1.54, 1.807) is 11.8 Å². The Morgan fingerprint density at radius 2 is 2.27 bits per heavy atom. The summed E-state index contributed by atoms with van der Waals surface area (Å²) in [5, 5.41) is 3.84. The lowest BCUT2D eigenvalue weighted by Crippen LogP contribution is -2.55. The Balaban J connectivity index is 1.86. The summed E-state index contributed by atoms with van der Waals surface area (Å²) in [6, 6.07) is 0. The van der Waals surface area contributed by atoms with Crippen molar-refractivity contribution in [2.24, 2.45) is 0 Å². The Bertz CT molecular complexity index is 686. The second kappa shape index (κ2) is 5.31.